The molecule has 0 aliphatic heterocycles. The van der Waals surface area contributed by atoms with Gasteiger partial charge in [-0.15, -0.1) is 0 Å². The maximum Gasteiger partial charge on any atom is 0.389 e. The maximum absolute atomic E-state index is 12.2. The van der Waals surface area contributed by atoms with E-state index in [1.807, 2.05) is 0 Å². The molecule has 1 saturated carbocycles. The van der Waals surface area contributed by atoms with Crippen LogP contribution in [0.3, 0.4) is 0 Å². The minimum Gasteiger partial charge on any atom is -0.383 e. The van der Waals surface area contributed by atoms with Crippen LogP contribution in [0.15, 0.2) is 10.6 Å². The third-order valence-corrected chi connectivity index (χ3v) is 3.85. The van der Waals surface area contributed by atoms with E-state index in [1.165, 1.54) is 6.07 Å². The summed E-state index contributed by atoms with van der Waals surface area (Å²) in [4.78, 5) is 12.2. The van der Waals surface area contributed by atoms with E-state index in [1.54, 1.807) is 20.3 Å². The highest BCUT2D eigenvalue weighted by Crippen LogP contribution is 2.45. The molecule has 0 bridgehead atoms. The summed E-state index contributed by atoms with van der Waals surface area (Å²) in [5.74, 6) is -0.294. The number of halogens is 3. The molecule has 0 aromatic carbocycles. The van der Waals surface area contributed by atoms with E-state index in [-0.39, 0.29) is 18.7 Å². The second-order valence-electron chi connectivity index (χ2n) is 6.50. The van der Waals surface area contributed by atoms with Crippen LogP contribution in [0, 0.1) is 11.8 Å². The number of nitrogens with zero attached hydrogens (tertiary/aromatic N) is 1. The standard InChI is InChI=1S/C15H19F3N2O3/c1-13(2,5-3-4-6-15(16,17)18)12(21)19-11-9-10(20-23-11)14(22)7-8-14/h5,9,22H,3-4,6-8H2,1-2H3/p+1. The molecule has 1 aliphatic rings. The number of hydrogen-bond acceptors (Lipinski definition) is 4. The number of aliphatic hydroxyl groups is 1. The molecule has 1 aliphatic carbocycles. The molecule has 2 rings (SSSR count). The van der Waals surface area contributed by atoms with Gasteiger partial charge < -0.3 is 9.63 Å². The predicted octanol–water partition coefficient (Wildman–Crippen LogP) is 3.56. The van der Waals surface area contributed by atoms with Gasteiger partial charge in [0.2, 0.25) is 5.88 Å². The zero-order valence-corrected chi connectivity index (χ0v) is 13.0. The fourth-order valence-electron chi connectivity index (χ4n) is 2.06. The van der Waals surface area contributed by atoms with Crippen molar-refractivity contribution in [1.29, 1.82) is 0 Å². The van der Waals surface area contributed by atoms with Gasteiger partial charge in [-0.25, -0.2) is 0 Å². The number of carbonyl (C=O) groups is 1. The number of unbranched alkanes of at least 4 members (excludes halogenated alkanes) is 1. The Balaban J connectivity index is 1.82. The van der Waals surface area contributed by atoms with Crippen molar-refractivity contribution in [3.05, 3.63) is 18.2 Å². The highest BCUT2D eigenvalue weighted by Gasteiger charge is 2.45. The summed E-state index contributed by atoms with van der Waals surface area (Å²) >= 11 is 0. The van der Waals surface area contributed by atoms with Gasteiger partial charge in [-0.2, -0.15) is 13.2 Å². The highest BCUT2D eigenvalue weighted by molar-refractivity contribution is 5.94. The first-order valence-electron chi connectivity index (χ1n) is 7.44. The monoisotopic (exact) mass is 333 g/mol. The van der Waals surface area contributed by atoms with Gasteiger partial charge >= 0.3 is 6.18 Å². The van der Waals surface area contributed by atoms with Crippen LogP contribution < -0.4 is 5.32 Å². The van der Waals surface area contributed by atoms with E-state index < -0.39 is 29.5 Å². The molecule has 0 unspecified atom stereocenters. The Bertz CT molecular complexity index is 563. The van der Waals surface area contributed by atoms with E-state index in [2.05, 4.69) is 10.5 Å². The molecule has 1 aromatic rings. The number of amides is 1. The van der Waals surface area contributed by atoms with Gasteiger partial charge in [0, 0.05) is 12.5 Å². The third-order valence-electron chi connectivity index (χ3n) is 3.85. The first kappa shape index (κ1) is 17.7. The molecule has 1 heterocycles. The molecular formula is C15H20F3N2O3+. The second kappa shape index (κ2) is 6.07. The second-order valence-corrected chi connectivity index (χ2v) is 6.50. The summed E-state index contributed by atoms with van der Waals surface area (Å²) in [6, 6.07) is 1.46. The smallest absolute Gasteiger partial charge is 0.383 e. The topological polar surface area (TPSA) is 75.4 Å². The number of nitrogens with one attached hydrogen (secondary N) is 1. The lowest BCUT2D eigenvalue weighted by molar-refractivity contribution is -0.135. The average molecular weight is 333 g/mol. The Hall–Kier alpha value is -1.70. The van der Waals surface area contributed by atoms with E-state index >= 15 is 0 Å². The van der Waals surface area contributed by atoms with Crippen molar-refractivity contribution in [2.45, 2.75) is 57.7 Å². The number of carbonyl (C=O) groups excluding carboxylic acids is 1. The quantitative estimate of drug-likeness (QED) is 0.591. The molecule has 1 fully saturated rings. The van der Waals surface area contributed by atoms with Gasteiger partial charge in [0.25, 0.3) is 5.91 Å². The van der Waals surface area contributed by atoms with Crippen LogP contribution >= 0.6 is 0 Å². The van der Waals surface area contributed by atoms with Crippen molar-refractivity contribution in [3.8, 4) is 0 Å². The Morgan fingerprint density at radius 3 is 2.70 bits per heavy atom. The number of rotatable bonds is 7. The summed E-state index contributed by atoms with van der Waals surface area (Å²) in [6.07, 6.45) is -2.16. The minimum atomic E-state index is -4.18. The summed E-state index contributed by atoms with van der Waals surface area (Å²) < 4.78 is 41.2. The predicted molar refractivity (Wildman–Crippen MR) is 76.3 cm³/mol. The molecule has 23 heavy (non-hydrogen) atoms. The van der Waals surface area contributed by atoms with Gasteiger partial charge in [-0.3, -0.25) is 10.1 Å². The summed E-state index contributed by atoms with van der Waals surface area (Å²) in [5.41, 5.74) is -1.53. The molecule has 2 N–H and O–H groups in total. The number of aromatic nitrogens is 1. The largest absolute Gasteiger partial charge is 0.389 e. The molecule has 0 radical (unpaired) electrons. The van der Waals surface area contributed by atoms with Crippen LogP contribution in [-0.2, 0) is 10.4 Å². The van der Waals surface area contributed by atoms with Crippen molar-refractivity contribution in [2.24, 2.45) is 5.41 Å². The lowest BCUT2D eigenvalue weighted by atomic mass is 9.86. The normalized spacial score (nSPS) is 17.0. The first-order chi connectivity index (χ1) is 10.5. The van der Waals surface area contributed by atoms with Crippen LogP contribution in [0.2, 0.25) is 0 Å². The van der Waals surface area contributed by atoms with E-state index in [0.717, 1.165) is 0 Å². The van der Waals surface area contributed by atoms with Crippen molar-refractivity contribution in [2.75, 3.05) is 5.32 Å². The van der Waals surface area contributed by atoms with Crippen LogP contribution in [0.1, 0.15) is 51.6 Å². The molecule has 5 nitrogen and oxygen atoms in total. The SMILES string of the molecule is CC(C)([CH+]CCCC(F)(F)F)C(=O)Nc1cc(C2(O)CC2)no1. The third kappa shape index (κ3) is 4.89. The van der Waals surface area contributed by atoms with Crippen molar-refractivity contribution < 1.29 is 27.6 Å². The first-order valence-corrected chi connectivity index (χ1v) is 7.44. The fourth-order valence-corrected chi connectivity index (χ4v) is 2.06. The lowest BCUT2D eigenvalue weighted by Gasteiger charge is -2.14. The fraction of sp³-hybridized carbons (Fsp3) is 0.667. The van der Waals surface area contributed by atoms with Gasteiger partial charge in [0.15, 0.2) is 5.41 Å². The Morgan fingerprint density at radius 1 is 1.48 bits per heavy atom. The van der Waals surface area contributed by atoms with Crippen LogP contribution in [0.4, 0.5) is 19.1 Å². The molecule has 1 amide bonds. The minimum absolute atomic E-state index is 0.0559. The molecule has 1 aromatic heterocycles. The van der Waals surface area contributed by atoms with Crippen molar-refractivity contribution in [3.63, 3.8) is 0 Å². The molecule has 8 heteroatoms. The lowest BCUT2D eigenvalue weighted by Crippen LogP contribution is -2.31. The van der Waals surface area contributed by atoms with Gasteiger partial charge in [-0.05, 0) is 33.1 Å². The summed E-state index contributed by atoms with van der Waals surface area (Å²) in [7, 11) is 0. The zero-order chi connectivity index (χ0) is 17.3. The van der Waals surface area contributed by atoms with Crippen molar-refractivity contribution in [1.82, 2.24) is 5.16 Å². The van der Waals surface area contributed by atoms with E-state index in [4.69, 9.17) is 4.52 Å². The van der Waals surface area contributed by atoms with E-state index in [9.17, 15) is 23.1 Å². The summed E-state index contributed by atoms with van der Waals surface area (Å²) in [6.45, 7) is 3.23. The Kier molecular flexibility index (Phi) is 4.66. The average Bonchev–Trinajstić information content (AvgIpc) is 2.99. The maximum atomic E-state index is 12.2. The van der Waals surface area contributed by atoms with E-state index in [0.29, 0.717) is 18.5 Å². The number of anilines is 1. The highest BCUT2D eigenvalue weighted by atomic mass is 19.4. The van der Waals surface area contributed by atoms with Crippen LogP contribution in [0.5, 0.6) is 0 Å². The Labute approximate surface area is 132 Å². The molecule has 128 valence electrons. The van der Waals surface area contributed by atoms with Crippen LogP contribution in [0.25, 0.3) is 0 Å². The molecule has 0 saturated heterocycles. The molecule has 0 spiro atoms. The van der Waals surface area contributed by atoms with Crippen molar-refractivity contribution >= 4 is 11.8 Å². The molecular weight excluding hydrogens is 313 g/mol. The van der Waals surface area contributed by atoms with Gasteiger partial charge in [0.1, 0.15) is 11.3 Å². The Morgan fingerprint density at radius 2 is 2.13 bits per heavy atom. The summed E-state index contributed by atoms with van der Waals surface area (Å²) in [5, 5.41) is 16.1. The zero-order valence-electron chi connectivity index (χ0n) is 13.0. The van der Waals surface area contributed by atoms with Gasteiger partial charge in [-0.1, -0.05) is 5.16 Å². The molecule has 0 atom stereocenters. The van der Waals surface area contributed by atoms with Crippen LogP contribution in [-0.4, -0.2) is 22.3 Å². The number of hydrogen-bond donors (Lipinski definition) is 2. The van der Waals surface area contributed by atoms with Gasteiger partial charge in [0.05, 0.1) is 12.8 Å². The number of alkyl halides is 3.